The molecule has 4 nitrogen and oxygen atoms in total. The molecule has 0 aliphatic rings. The number of nitrogens with one attached hydrogen (secondary N) is 1. The summed E-state index contributed by atoms with van der Waals surface area (Å²) in [6, 6.07) is -1.48. The number of aryl methyl sites for hydroxylation is 1. The van der Waals surface area contributed by atoms with Gasteiger partial charge in [0.2, 0.25) is 0 Å². The molecule has 0 aromatic carbocycles. The summed E-state index contributed by atoms with van der Waals surface area (Å²) in [5.74, 6) is -1.93. The number of hydrogen-bond donors (Lipinski definition) is 2. The molecule has 1 amide bonds. The van der Waals surface area contributed by atoms with E-state index in [-0.39, 0.29) is 0 Å². The molecular formula is C9H10FNO3S. The first-order chi connectivity index (χ1) is 7.06. The number of carboxylic acid groups (broad SMARTS) is 1. The van der Waals surface area contributed by atoms with Gasteiger partial charge in [0.25, 0.3) is 5.91 Å². The standard InChI is InChI=1S/C9H10FNO3S/c1-5-3-15-4-6(5)8(12)11-7(2-10)9(13)14/h3-4,7H,2H2,1H3,(H,11,12)(H,13,14). The zero-order valence-electron chi connectivity index (χ0n) is 7.99. The molecule has 2 N–H and O–H groups in total. The van der Waals surface area contributed by atoms with Crippen molar-refractivity contribution >= 4 is 23.2 Å². The van der Waals surface area contributed by atoms with Crippen molar-refractivity contribution in [3.63, 3.8) is 0 Å². The van der Waals surface area contributed by atoms with Gasteiger partial charge < -0.3 is 10.4 Å². The van der Waals surface area contributed by atoms with E-state index in [1.54, 1.807) is 17.7 Å². The van der Waals surface area contributed by atoms with Crippen molar-refractivity contribution in [2.24, 2.45) is 0 Å². The van der Waals surface area contributed by atoms with Crippen LogP contribution in [0.4, 0.5) is 4.39 Å². The molecular weight excluding hydrogens is 221 g/mol. The van der Waals surface area contributed by atoms with E-state index in [9.17, 15) is 14.0 Å². The van der Waals surface area contributed by atoms with Gasteiger partial charge in [-0.05, 0) is 17.9 Å². The van der Waals surface area contributed by atoms with Crippen LogP contribution in [0.15, 0.2) is 10.8 Å². The number of carboxylic acids is 1. The van der Waals surface area contributed by atoms with Gasteiger partial charge in [-0.1, -0.05) is 0 Å². The van der Waals surface area contributed by atoms with Crippen LogP contribution in [0.1, 0.15) is 15.9 Å². The number of halogens is 1. The summed E-state index contributed by atoms with van der Waals surface area (Å²) in [5.41, 5.74) is 1.14. The Hall–Kier alpha value is -1.43. The normalized spacial score (nSPS) is 12.1. The topological polar surface area (TPSA) is 66.4 Å². The van der Waals surface area contributed by atoms with Gasteiger partial charge in [-0.3, -0.25) is 4.79 Å². The van der Waals surface area contributed by atoms with Crippen LogP contribution in [0, 0.1) is 6.92 Å². The van der Waals surface area contributed by atoms with Gasteiger partial charge in [-0.25, -0.2) is 9.18 Å². The van der Waals surface area contributed by atoms with E-state index in [1.165, 1.54) is 11.3 Å². The predicted octanol–water partition coefficient (Wildman–Crippen LogP) is 1.21. The van der Waals surface area contributed by atoms with Crippen LogP contribution in [0.2, 0.25) is 0 Å². The summed E-state index contributed by atoms with van der Waals surface area (Å²) >= 11 is 1.34. The minimum atomic E-state index is -1.48. The maximum Gasteiger partial charge on any atom is 0.328 e. The first-order valence-corrected chi connectivity index (χ1v) is 5.13. The Bertz CT molecular complexity index is 377. The van der Waals surface area contributed by atoms with E-state index in [0.717, 1.165) is 5.56 Å². The number of carbonyl (C=O) groups excluding carboxylic acids is 1. The monoisotopic (exact) mass is 231 g/mol. The third-order valence-corrected chi connectivity index (χ3v) is 2.72. The third-order valence-electron chi connectivity index (χ3n) is 1.86. The summed E-state index contributed by atoms with van der Waals surface area (Å²) in [4.78, 5) is 21.9. The lowest BCUT2D eigenvalue weighted by Crippen LogP contribution is -2.42. The zero-order valence-corrected chi connectivity index (χ0v) is 8.81. The minimum Gasteiger partial charge on any atom is -0.480 e. The quantitative estimate of drug-likeness (QED) is 0.818. The zero-order chi connectivity index (χ0) is 11.4. The Labute approximate surface area is 89.7 Å². The molecule has 15 heavy (non-hydrogen) atoms. The summed E-state index contributed by atoms with van der Waals surface area (Å²) < 4.78 is 12.2. The van der Waals surface area contributed by atoms with Crippen LogP contribution in [-0.2, 0) is 4.79 Å². The molecule has 0 saturated heterocycles. The summed E-state index contributed by atoms with van der Waals surface area (Å²) in [5, 5.41) is 14.0. The van der Waals surface area contributed by atoms with Crippen molar-refractivity contribution < 1.29 is 19.1 Å². The number of hydrogen-bond acceptors (Lipinski definition) is 3. The fourth-order valence-corrected chi connectivity index (χ4v) is 1.82. The molecule has 1 rings (SSSR count). The lowest BCUT2D eigenvalue weighted by Gasteiger charge is -2.10. The van der Waals surface area contributed by atoms with Crippen molar-refractivity contribution in [2.45, 2.75) is 13.0 Å². The molecule has 0 saturated carbocycles. The van der Waals surface area contributed by atoms with E-state index in [0.29, 0.717) is 5.56 Å². The van der Waals surface area contributed by atoms with Crippen LogP contribution >= 0.6 is 11.3 Å². The van der Waals surface area contributed by atoms with E-state index in [2.05, 4.69) is 5.32 Å². The molecule has 0 aliphatic heterocycles. The van der Waals surface area contributed by atoms with Gasteiger partial charge in [-0.15, -0.1) is 0 Å². The van der Waals surface area contributed by atoms with Crippen LogP contribution < -0.4 is 5.32 Å². The molecule has 1 atom stereocenters. The molecule has 6 heteroatoms. The molecule has 1 unspecified atom stereocenters. The molecule has 0 bridgehead atoms. The maximum absolute atomic E-state index is 12.2. The Balaban J connectivity index is 2.71. The van der Waals surface area contributed by atoms with Crippen LogP contribution in [0.3, 0.4) is 0 Å². The number of alkyl halides is 1. The summed E-state index contributed by atoms with van der Waals surface area (Å²) in [6.45, 7) is 0.612. The molecule has 1 heterocycles. The second kappa shape index (κ2) is 4.88. The predicted molar refractivity (Wildman–Crippen MR) is 53.9 cm³/mol. The average Bonchev–Trinajstić information content (AvgIpc) is 2.60. The van der Waals surface area contributed by atoms with Crippen molar-refractivity contribution in [1.82, 2.24) is 5.32 Å². The molecule has 1 aromatic rings. The highest BCUT2D eigenvalue weighted by Gasteiger charge is 2.21. The second-order valence-electron chi connectivity index (χ2n) is 2.99. The molecule has 0 aliphatic carbocycles. The summed E-state index contributed by atoms with van der Waals surface area (Å²) in [7, 11) is 0. The maximum atomic E-state index is 12.2. The highest BCUT2D eigenvalue weighted by atomic mass is 32.1. The molecule has 0 fully saturated rings. The van der Waals surface area contributed by atoms with Crippen LogP contribution in [-0.4, -0.2) is 29.7 Å². The van der Waals surface area contributed by atoms with E-state index >= 15 is 0 Å². The highest BCUT2D eigenvalue weighted by molar-refractivity contribution is 7.08. The number of carbonyl (C=O) groups is 2. The van der Waals surface area contributed by atoms with Crippen molar-refractivity contribution in [3.8, 4) is 0 Å². The highest BCUT2D eigenvalue weighted by Crippen LogP contribution is 2.13. The van der Waals surface area contributed by atoms with Crippen molar-refractivity contribution in [1.29, 1.82) is 0 Å². The van der Waals surface area contributed by atoms with Gasteiger partial charge in [-0.2, -0.15) is 11.3 Å². The van der Waals surface area contributed by atoms with Gasteiger partial charge in [0.15, 0.2) is 6.04 Å². The van der Waals surface area contributed by atoms with Crippen molar-refractivity contribution in [2.75, 3.05) is 6.67 Å². The lowest BCUT2D eigenvalue weighted by atomic mass is 10.2. The SMILES string of the molecule is Cc1cscc1C(=O)NC(CF)C(=O)O. The van der Waals surface area contributed by atoms with Crippen LogP contribution in [0.25, 0.3) is 0 Å². The largest absolute Gasteiger partial charge is 0.480 e. The fourth-order valence-electron chi connectivity index (χ4n) is 0.995. The Kier molecular flexibility index (Phi) is 3.79. The van der Waals surface area contributed by atoms with Gasteiger partial charge in [0.1, 0.15) is 6.67 Å². The van der Waals surface area contributed by atoms with Crippen molar-refractivity contribution in [3.05, 3.63) is 21.9 Å². The summed E-state index contributed by atoms with van der Waals surface area (Å²) in [6.07, 6.45) is 0. The Morgan fingerprint density at radius 2 is 2.27 bits per heavy atom. The van der Waals surface area contributed by atoms with E-state index < -0.39 is 24.6 Å². The third kappa shape index (κ3) is 2.76. The van der Waals surface area contributed by atoms with Gasteiger partial charge in [0.05, 0.1) is 5.56 Å². The molecule has 82 valence electrons. The van der Waals surface area contributed by atoms with Gasteiger partial charge in [0, 0.05) is 5.38 Å². The lowest BCUT2D eigenvalue weighted by molar-refractivity contribution is -0.139. The first-order valence-electron chi connectivity index (χ1n) is 4.18. The van der Waals surface area contributed by atoms with Crippen LogP contribution in [0.5, 0.6) is 0 Å². The minimum absolute atomic E-state index is 0.389. The Morgan fingerprint density at radius 1 is 1.60 bits per heavy atom. The van der Waals surface area contributed by atoms with E-state index in [4.69, 9.17) is 5.11 Å². The number of thiophene rings is 1. The number of amides is 1. The number of rotatable bonds is 4. The molecule has 0 spiro atoms. The number of aliphatic carboxylic acids is 1. The first kappa shape index (κ1) is 11.6. The molecule has 1 aromatic heterocycles. The second-order valence-corrected chi connectivity index (χ2v) is 3.73. The van der Waals surface area contributed by atoms with E-state index in [1.807, 2.05) is 0 Å². The molecule has 0 radical (unpaired) electrons. The average molecular weight is 231 g/mol. The van der Waals surface area contributed by atoms with Gasteiger partial charge >= 0.3 is 5.97 Å². The smallest absolute Gasteiger partial charge is 0.328 e. The fraction of sp³-hybridized carbons (Fsp3) is 0.333. The Morgan fingerprint density at radius 3 is 2.67 bits per heavy atom.